The van der Waals surface area contributed by atoms with Gasteiger partial charge in [-0.05, 0) is 19.4 Å². The molecular weight excluding hydrogens is 257 g/mol. The van der Waals surface area contributed by atoms with Crippen molar-refractivity contribution >= 4 is 5.78 Å². The highest BCUT2D eigenvalue weighted by molar-refractivity contribution is 5.81. The summed E-state index contributed by atoms with van der Waals surface area (Å²) in [6.45, 7) is 3.01. The lowest BCUT2D eigenvalue weighted by atomic mass is 9.81. The number of alkyl halides is 3. The molecule has 1 saturated heterocycles. The molecule has 0 saturated carbocycles. The summed E-state index contributed by atoms with van der Waals surface area (Å²) in [6, 6.07) is 7.35. The summed E-state index contributed by atoms with van der Waals surface area (Å²) in [7, 11) is 0. The predicted molar refractivity (Wildman–Crippen MR) is 63.6 cm³/mol. The number of hydrogen-bond acceptors (Lipinski definition) is 2. The summed E-state index contributed by atoms with van der Waals surface area (Å²) >= 11 is 0. The van der Waals surface area contributed by atoms with E-state index in [0.717, 1.165) is 0 Å². The van der Waals surface area contributed by atoms with E-state index in [1.165, 1.54) is 38.1 Å². The molecule has 0 bridgehead atoms. The smallest absolute Gasteiger partial charge is 0.354 e. The molecule has 1 fully saturated rings. The molecule has 2 nitrogen and oxygen atoms in total. The van der Waals surface area contributed by atoms with E-state index < -0.39 is 29.6 Å². The molecule has 1 unspecified atom stereocenters. The quantitative estimate of drug-likeness (QED) is 0.780. The lowest BCUT2D eigenvalue weighted by molar-refractivity contribution is -0.321. The van der Waals surface area contributed by atoms with E-state index in [4.69, 9.17) is 4.74 Å². The number of hydrogen-bond donors (Lipinski definition) is 0. The van der Waals surface area contributed by atoms with E-state index in [0.29, 0.717) is 0 Å². The number of carbonyl (C=O) groups excluding carboxylic acids is 1. The van der Waals surface area contributed by atoms with Crippen LogP contribution in [-0.2, 0) is 15.1 Å². The van der Waals surface area contributed by atoms with Crippen LogP contribution in [0.25, 0.3) is 0 Å². The van der Waals surface area contributed by atoms with Crippen molar-refractivity contribution in [1.82, 2.24) is 0 Å². The minimum atomic E-state index is -4.64. The van der Waals surface area contributed by atoms with Gasteiger partial charge >= 0.3 is 6.18 Å². The maximum Gasteiger partial charge on any atom is 0.422 e. The zero-order valence-electron chi connectivity index (χ0n) is 10.8. The van der Waals surface area contributed by atoms with Crippen molar-refractivity contribution in [3.63, 3.8) is 0 Å². The van der Waals surface area contributed by atoms with Gasteiger partial charge in [0.25, 0.3) is 0 Å². The van der Waals surface area contributed by atoms with E-state index in [9.17, 15) is 18.0 Å². The monoisotopic (exact) mass is 272 g/mol. The van der Waals surface area contributed by atoms with Crippen LogP contribution in [0.3, 0.4) is 0 Å². The Morgan fingerprint density at radius 1 is 1.11 bits per heavy atom. The first-order valence-electron chi connectivity index (χ1n) is 6.00. The third-order valence-corrected chi connectivity index (χ3v) is 3.22. The molecular formula is C14H15F3O2. The van der Waals surface area contributed by atoms with Crippen molar-refractivity contribution in [1.29, 1.82) is 0 Å². The Hall–Kier alpha value is -1.36. The molecule has 1 aromatic carbocycles. The molecule has 0 radical (unpaired) electrons. The van der Waals surface area contributed by atoms with Crippen LogP contribution in [0.15, 0.2) is 30.3 Å². The number of carbonyl (C=O) groups is 1. The van der Waals surface area contributed by atoms with Gasteiger partial charge in [-0.3, -0.25) is 4.79 Å². The fourth-order valence-electron chi connectivity index (χ4n) is 2.55. The van der Waals surface area contributed by atoms with Crippen molar-refractivity contribution in [2.24, 2.45) is 0 Å². The molecule has 0 N–H and O–H groups in total. The van der Waals surface area contributed by atoms with Gasteiger partial charge in [0.1, 0.15) is 5.78 Å². The van der Waals surface area contributed by atoms with E-state index in [-0.39, 0.29) is 12.0 Å². The van der Waals surface area contributed by atoms with Crippen LogP contribution in [0.5, 0.6) is 0 Å². The Morgan fingerprint density at radius 2 is 1.68 bits per heavy atom. The predicted octanol–water partition coefficient (Wildman–Crippen LogP) is 3.60. The molecule has 1 aliphatic rings. The highest BCUT2D eigenvalue weighted by Crippen LogP contribution is 2.50. The molecule has 19 heavy (non-hydrogen) atoms. The topological polar surface area (TPSA) is 26.3 Å². The fraction of sp³-hybridized carbons (Fsp3) is 0.500. The Kier molecular flexibility index (Phi) is 3.21. The second-order valence-corrected chi connectivity index (χ2v) is 5.44. The normalized spacial score (nSPS) is 27.3. The van der Waals surface area contributed by atoms with Gasteiger partial charge in [-0.25, -0.2) is 0 Å². The summed E-state index contributed by atoms with van der Waals surface area (Å²) in [5.74, 6) is -0.433. The van der Waals surface area contributed by atoms with Crippen molar-refractivity contribution < 1.29 is 22.7 Å². The standard InChI is InChI=1S/C14H15F3O2/c1-12(2)8-11(18)9-13(19-12,14(15,16)17)10-6-4-3-5-7-10/h3-7H,8-9H2,1-2H3. The molecule has 1 atom stereocenters. The zero-order valence-corrected chi connectivity index (χ0v) is 10.8. The van der Waals surface area contributed by atoms with E-state index in [2.05, 4.69) is 0 Å². The Labute approximate surface area is 109 Å². The van der Waals surface area contributed by atoms with Gasteiger partial charge in [0.05, 0.1) is 5.60 Å². The van der Waals surface area contributed by atoms with Crippen LogP contribution in [0.1, 0.15) is 32.3 Å². The number of ether oxygens (including phenoxy) is 1. The van der Waals surface area contributed by atoms with Crippen LogP contribution < -0.4 is 0 Å². The van der Waals surface area contributed by atoms with Gasteiger partial charge in [-0.1, -0.05) is 30.3 Å². The average molecular weight is 272 g/mol. The minimum absolute atomic E-state index is 0.00232. The average Bonchev–Trinajstić information content (AvgIpc) is 2.26. The highest BCUT2D eigenvalue weighted by Gasteiger charge is 2.62. The maximum atomic E-state index is 13.5. The summed E-state index contributed by atoms with van der Waals surface area (Å²) in [4.78, 5) is 11.7. The van der Waals surface area contributed by atoms with Gasteiger partial charge in [0, 0.05) is 12.8 Å². The van der Waals surface area contributed by atoms with Crippen LogP contribution in [0.4, 0.5) is 13.2 Å². The maximum absolute atomic E-state index is 13.5. The largest absolute Gasteiger partial charge is 0.422 e. The van der Waals surface area contributed by atoms with Gasteiger partial charge in [-0.2, -0.15) is 13.2 Å². The fourth-order valence-corrected chi connectivity index (χ4v) is 2.55. The third-order valence-electron chi connectivity index (χ3n) is 3.22. The number of ketones is 1. The lowest BCUT2D eigenvalue weighted by Gasteiger charge is -2.45. The molecule has 1 aromatic rings. The second-order valence-electron chi connectivity index (χ2n) is 5.44. The Morgan fingerprint density at radius 3 is 2.16 bits per heavy atom. The number of Topliss-reactive ketones (excluding diaryl/α,β-unsaturated/α-hetero) is 1. The van der Waals surface area contributed by atoms with Crippen LogP contribution in [0, 0.1) is 0 Å². The van der Waals surface area contributed by atoms with Crippen LogP contribution in [-0.4, -0.2) is 17.6 Å². The molecule has 0 aromatic heterocycles. The zero-order chi connectivity index (χ0) is 14.3. The molecule has 0 aliphatic carbocycles. The summed E-state index contributed by atoms with van der Waals surface area (Å²) < 4.78 is 45.9. The van der Waals surface area contributed by atoms with Crippen molar-refractivity contribution in [2.75, 3.05) is 0 Å². The number of rotatable bonds is 1. The van der Waals surface area contributed by atoms with Gasteiger partial charge in [-0.15, -0.1) is 0 Å². The Balaban J connectivity index is 2.56. The third kappa shape index (κ3) is 2.52. The SMILES string of the molecule is CC1(C)CC(=O)CC(c2ccccc2)(C(F)(F)F)O1. The molecule has 0 amide bonds. The summed E-state index contributed by atoms with van der Waals surface area (Å²) in [5.41, 5.74) is -3.68. The Bertz CT molecular complexity index is 479. The van der Waals surface area contributed by atoms with Crippen molar-refractivity contribution in [3.8, 4) is 0 Å². The number of benzene rings is 1. The van der Waals surface area contributed by atoms with Gasteiger partial charge < -0.3 is 4.74 Å². The van der Waals surface area contributed by atoms with Crippen LogP contribution >= 0.6 is 0 Å². The van der Waals surface area contributed by atoms with E-state index in [1.807, 2.05) is 0 Å². The first kappa shape index (κ1) is 14.1. The van der Waals surface area contributed by atoms with Crippen molar-refractivity contribution in [2.45, 2.75) is 44.1 Å². The minimum Gasteiger partial charge on any atom is -0.354 e. The highest BCUT2D eigenvalue weighted by atomic mass is 19.4. The molecule has 5 heteroatoms. The summed E-state index contributed by atoms with van der Waals surface area (Å²) in [6.07, 6.45) is -5.30. The van der Waals surface area contributed by atoms with Gasteiger partial charge in [0.2, 0.25) is 0 Å². The number of halogens is 3. The first-order chi connectivity index (χ1) is 8.66. The van der Waals surface area contributed by atoms with Crippen molar-refractivity contribution in [3.05, 3.63) is 35.9 Å². The first-order valence-corrected chi connectivity index (χ1v) is 6.00. The summed E-state index contributed by atoms with van der Waals surface area (Å²) in [5, 5.41) is 0. The van der Waals surface area contributed by atoms with E-state index >= 15 is 0 Å². The second kappa shape index (κ2) is 4.34. The molecule has 1 heterocycles. The van der Waals surface area contributed by atoms with Crippen LogP contribution in [0.2, 0.25) is 0 Å². The van der Waals surface area contributed by atoms with E-state index in [1.54, 1.807) is 6.07 Å². The molecule has 1 aliphatic heterocycles. The van der Waals surface area contributed by atoms with Gasteiger partial charge in [0.15, 0.2) is 5.60 Å². The molecule has 2 rings (SSSR count). The molecule has 0 spiro atoms. The molecule has 104 valence electrons. The lowest BCUT2D eigenvalue weighted by Crippen LogP contribution is -2.55.